The van der Waals surface area contributed by atoms with Crippen molar-refractivity contribution in [2.45, 2.75) is 32.4 Å². The molecule has 0 aromatic heterocycles. The molecule has 1 rings (SSSR count). The number of aliphatic hydroxyl groups excluding tert-OH is 1. The molecule has 0 amide bonds. The Bertz CT molecular complexity index is 314. The molecule has 0 bridgehead atoms. The number of nitrogens with one attached hydrogen (secondary N) is 1. The summed E-state index contributed by atoms with van der Waals surface area (Å²) in [5, 5.41) is 12.9. The van der Waals surface area contributed by atoms with Crippen molar-refractivity contribution in [1.29, 1.82) is 0 Å². The summed E-state index contributed by atoms with van der Waals surface area (Å²) in [6.07, 6.45) is 0.822. The number of aliphatic hydroxyl groups is 1. The van der Waals surface area contributed by atoms with Gasteiger partial charge in [0, 0.05) is 25.8 Å². The van der Waals surface area contributed by atoms with Crippen molar-refractivity contribution < 1.29 is 9.84 Å². The van der Waals surface area contributed by atoms with Gasteiger partial charge in [0.25, 0.3) is 0 Å². The predicted molar refractivity (Wildman–Crippen MR) is 74.5 cm³/mol. The first-order valence-corrected chi connectivity index (χ1v) is 6.59. The van der Waals surface area contributed by atoms with Gasteiger partial charge >= 0.3 is 0 Å². The first kappa shape index (κ1) is 15.2. The van der Waals surface area contributed by atoms with E-state index in [0.29, 0.717) is 12.5 Å². The highest BCUT2D eigenvalue weighted by Crippen LogP contribution is 2.22. The Morgan fingerprint density at radius 1 is 1.22 bits per heavy atom. The Kier molecular flexibility index (Phi) is 6.94. The smallest absolute Gasteiger partial charge is 0.0585 e. The molecule has 0 heterocycles. The molecule has 2 unspecified atom stereocenters. The third-order valence-corrected chi connectivity index (χ3v) is 3.13. The van der Waals surface area contributed by atoms with E-state index in [0.717, 1.165) is 6.42 Å². The van der Waals surface area contributed by atoms with Crippen LogP contribution in [0.5, 0.6) is 0 Å². The van der Waals surface area contributed by atoms with Crippen LogP contribution in [0.4, 0.5) is 0 Å². The summed E-state index contributed by atoms with van der Waals surface area (Å²) in [5.41, 5.74) is 1.27. The van der Waals surface area contributed by atoms with Gasteiger partial charge in [-0.25, -0.2) is 0 Å². The second-order valence-corrected chi connectivity index (χ2v) is 4.96. The lowest BCUT2D eigenvalue weighted by atomic mass is 9.95. The van der Waals surface area contributed by atoms with Gasteiger partial charge in [0.2, 0.25) is 0 Å². The summed E-state index contributed by atoms with van der Waals surface area (Å²) in [7, 11) is 1.69. The summed E-state index contributed by atoms with van der Waals surface area (Å²) in [4.78, 5) is 0. The zero-order valence-electron chi connectivity index (χ0n) is 11.6. The maximum atomic E-state index is 9.41. The van der Waals surface area contributed by atoms with Gasteiger partial charge < -0.3 is 15.2 Å². The molecule has 1 aromatic rings. The Balaban J connectivity index is 2.68. The summed E-state index contributed by atoms with van der Waals surface area (Å²) >= 11 is 0. The Hall–Kier alpha value is -0.900. The van der Waals surface area contributed by atoms with Gasteiger partial charge in [-0.1, -0.05) is 44.2 Å². The van der Waals surface area contributed by atoms with Crippen molar-refractivity contribution in [3.63, 3.8) is 0 Å². The quantitative estimate of drug-likeness (QED) is 0.745. The number of hydrogen-bond acceptors (Lipinski definition) is 3. The van der Waals surface area contributed by atoms with Crippen molar-refractivity contribution >= 4 is 0 Å². The Morgan fingerprint density at radius 3 is 2.39 bits per heavy atom. The Morgan fingerprint density at radius 2 is 1.89 bits per heavy atom. The standard InChI is InChI=1S/C15H25NO2/c1-12(2)15(13-7-5-4-6-8-13)16-14(11-17)9-10-18-3/h4-8,12,14-17H,9-11H2,1-3H3. The molecule has 0 radical (unpaired) electrons. The lowest BCUT2D eigenvalue weighted by Crippen LogP contribution is -2.38. The van der Waals surface area contributed by atoms with Crippen LogP contribution in [0.2, 0.25) is 0 Å². The van der Waals surface area contributed by atoms with E-state index < -0.39 is 0 Å². The minimum Gasteiger partial charge on any atom is -0.395 e. The van der Waals surface area contributed by atoms with E-state index in [9.17, 15) is 5.11 Å². The predicted octanol–water partition coefficient (Wildman–Crippen LogP) is 2.37. The van der Waals surface area contributed by atoms with Crippen LogP contribution >= 0.6 is 0 Å². The maximum absolute atomic E-state index is 9.41. The molecule has 18 heavy (non-hydrogen) atoms. The molecule has 102 valence electrons. The summed E-state index contributed by atoms with van der Waals surface area (Å²) < 4.78 is 5.07. The molecule has 0 aliphatic rings. The van der Waals surface area contributed by atoms with Crippen molar-refractivity contribution in [2.24, 2.45) is 5.92 Å². The van der Waals surface area contributed by atoms with E-state index in [4.69, 9.17) is 4.74 Å². The van der Waals surface area contributed by atoms with Gasteiger partial charge in [-0.2, -0.15) is 0 Å². The number of benzene rings is 1. The fraction of sp³-hybridized carbons (Fsp3) is 0.600. The normalized spacial score (nSPS) is 14.7. The molecule has 0 aliphatic heterocycles. The molecule has 0 spiro atoms. The molecule has 2 N–H and O–H groups in total. The second-order valence-electron chi connectivity index (χ2n) is 4.96. The fourth-order valence-corrected chi connectivity index (χ4v) is 2.08. The highest BCUT2D eigenvalue weighted by atomic mass is 16.5. The van der Waals surface area contributed by atoms with E-state index in [1.54, 1.807) is 7.11 Å². The SMILES string of the molecule is COCCC(CO)NC(c1ccccc1)C(C)C. The van der Waals surface area contributed by atoms with Crippen LogP contribution in [0, 0.1) is 5.92 Å². The topological polar surface area (TPSA) is 41.5 Å². The lowest BCUT2D eigenvalue weighted by Gasteiger charge is -2.28. The average molecular weight is 251 g/mol. The second kappa shape index (κ2) is 8.25. The molecule has 0 saturated carbocycles. The van der Waals surface area contributed by atoms with Gasteiger partial charge in [0.15, 0.2) is 0 Å². The van der Waals surface area contributed by atoms with Crippen LogP contribution in [0.15, 0.2) is 30.3 Å². The van der Waals surface area contributed by atoms with Crippen molar-refractivity contribution in [3.8, 4) is 0 Å². The van der Waals surface area contributed by atoms with E-state index in [1.165, 1.54) is 5.56 Å². The monoisotopic (exact) mass is 251 g/mol. The van der Waals surface area contributed by atoms with Crippen LogP contribution in [0.3, 0.4) is 0 Å². The maximum Gasteiger partial charge on any atom is 0.0585 e. The summed E-state index contributed by atoms with van der Waals surface area (Å²) in [6.45, 7) is 5.18. The number of rotatable bonds is 8. The van der Waals surface area contributed by atoms with E-state index in [1.807, 2.05) is 6.07 Å². The van der Waals surface area contributed by atoms with Gasteiger partial charge in [-0.05, 0) is 17.9 Å². The number of ether oxygens (including phenoxy) is 1. The van der Waals surface area contributed by atoms with Crippen molar-refractivity contribution in [2.75, 3.05) is 20.3 Å². The van der Waals surface area contributed by atoms with Gasteiger partial charge in [0.1, 0.15) is 0 Å². The van der Waals surface area contributed by atoms with Gasteiger partial charge in [0.05, 0.1) is 6.61 Å². The molecule has 2 atom stereocenters. The molecular weight excluding hydrogens is 226 g/mol. The molecule has 3 nitrogen and oxygen atoms in total. The summed E-state index contributed by atoms with van der Waals surface area (Å²) in [6, 6.07) is 10.7. The van der Waals surface area contributed by atoms with E-state index >= 15 is 0 Å². The largest absolute Gasteiger partial charge is 0.395 e. The van der Waals surface area contributed by atoms with Crippen LogP contribution < -0.4 is 5.32 Å². The van der Waals surface area contributed by atoms with Gasteiger partial charge in [-0.15, -0.1) is 0 Å². The molecule has 0 fully saturated rings. The average Bonchev–Trinajstić information content (AvgIpc) is 2.39. The van der Waals surface area contributed by atoms with Crippen LogP contribution in [-0.4, -0.2) is 31.5 Å². The fourth-order valence-electron chi connectivity index (χ4n) is 2.08. The van der Waals surface area contributed by atoms with Crippen molar-refractivity contribution in [3.05, 3.63) is 35.9 Å². The third-order valence-electron chi connectivity index (χ3n) is 3.13. The highest BCUT2D eigenvalue weighted by Gasteiger charge is 2.19. The molecule has 3 heteroatoms. The zero-order valence-corrected chi connectivity index (χ0v) is 11.6. The Labute approximate surface area is 110 Å². The first-order valence-electron chi connectivity index (χ1n) is 6.59. The van der Waals surface area contributed by atoms with Gasteiger partial charge in [-0.3, -0.25) is 0 Å². The molecular formula is C15H25NO2. The minimum atomic E-state index is 0.0811. The van der Waals surface area contributed by atoms with Crippen LogP contribution in [0.25, 0.3) is 0 Å². The minimum absolute atomic E-state index is 0.0811. The van der Waals surface area contributed by atoms with Crippen LogP contribution in [-0.2, 0) is 4.74 Å². The molecule has 0 aliphatic carbocycles. The molecule has 0 saturated heterocycles. The summed E-state index contributed by atoms with van der Waals surface area (Å²) in [5.74, 6) is 0.476. The van der Waals surface area contributed by atoms with Crippen LogP contribution in [0.1, 0.15) is 31.9 Å². The number of hydrogen-bond donors (Lipinski definition) is 2. The highest BCUT2D eigenvalue weighted by molar-refractivity contribution is 5.19. The van der Waals surface area contributed by atoms with E-state index in [-0.39, 0.29) is 18.7 Å². The third kappa shape index (κ3) is 4.77. The zero-order chi connectivity index (χ0) is 13.4. The number of methoxy groups -OCH3 is 1. The molecule has 1 aromatic carbocycles. The first-order chi connectivity index (χ1) is 8.69. The van der Waals surface area contributed by atoms with Crippen molar-refractivity contribution in [1.82, 2.24) is 5.32 Å². The lowest BCUT2D eigenvalue weighted by molar-refractivity contribution is 0.150. The van der Waals surface area contributed by atoms with E-state index in [2.05, 4.69) is 43.4 Å².